The van der Waals surface area contributed by atoms with E-state index in [1.807, 2.05) is 60.7 Å². The summed E-state index contributed by atoms with van der Waals surface area (Å²) in [6.45, 7) is 0. The Kier molecular flexibility index (Phi) is 4.83. The maximum Gasteiger partial charge on any atom is 0.200 e. The molecule has 4 rings (SSSR count). The lowest BCUT2D eigenvalue weighted by Crippen LogP contribution is -2.31. The zero-order valence-electron chi connectivity index (χ0n) is 16.3. The van der Waals surface area contributed by atoms with Crippen molar-refractivity contribution in [3.63, 3.8) is 0 Å². The number of hydrogen-bond acceptors (Lipinski definition) is 6. The van der Waals surface area contributed by atoms with Gasteiger partial charge in [0.2, 0.25) is 0 Å². The standard InChI is InChI=1S/C25H20O6/c26-19-11-17(12-20(27)23(19)30)25(15-7-3-1-4-8-15,16-9-5-2-6-10-16)18-13-21(28)24(31)22(29)14-18/h1-14,26-31H. The molecule has 31 heavy (non-hydrogen) atoms. The molecule has 156 valence electrons. The molecule has 0 saturated carbocycles. The van der Waals surface area contributed by atoms with Crippen LogP contribution < -0.4 is 0 Å². The summed E-state index contributed by atoms with van der Waals surface area (Å²) in [6.07, 6.45) is 0. The van der Waals surface area contributed by atoms with Crippen molar-refractivity contribution in [2.45, 2.75) is 5.41 Å². The minimum Gasteiger partial charge on any atom is -0.504 e. The van der Waals surface area contributed by atoms with E-state index in [1.54, 1.807) is 0 Å². The summed E-state index contributed by atoms with van der Waals surface area (Å²) in [5.74, 6) is -3.43. The third-order valence-electron chi connectivity index (χ3n) is 5.42. The highest BCUT2D eigenvalue weighted by Gasteiger charge is 2.40. The van der Waals surface area contributed by atoms with Crippen molar-refractivity contribution in [2.75, 3.05) is 0 Å². The molecule has 0 amide bonds. The Morgan fingerprint density at radius 2 is 0.677 bits per heavy atom. The highest BCUT2D eigenvalue weighted by Crippen LogP contribution is 2.51. The molecule has 0 heterocycles. The minimum absolute atomic E-state index is 0.363. The van der Waals surface area contributed by atoms with Crippen LogP contribution in [0.1, 0.15) is 22.3 Å². The zero-order chi connectivity index (χ0) is 22.2. The van der Waals surface area contributed by atoms with Crippen LogP contribution in [-0.2, 0) is 5.41 Å². The van der Waals surface area contributed by atoms with Crippen molar-refractivity contribution >= 4 is 0 Å². The molecule has 4 aromatic rings. The molecule has 0 aromatic heterocycles. The summed E-state index contributed by atoms with van der Waals surface area (Å²) in [6, 6.07) is 23.5. The molecule has 0 saturated heterocycles. The van der Waals surface area contributed by atoms with E-state index >= 15 is 0 Å². The fourth-order valence-corrected chi connectivity index (χ4v) is 4.02. The van der Waals surface area contributed by atoms with Gasteiger partial charge >= 0.3 is 0 Å². The molecule has 0 radical (unpaired) electrons. The number of rotatable bonds is 4. The van der Waals surface area contributed by atoms with Crippen molar-refractivity contribution in [2.24, 2.45) is 0 Å². The van der Waals surface area contributed by atoms with Crippen molar-refractivity contribution in [3.05, 3.63) is 107 Å². The Balaban J connectivity index is 2.21. The van der Waals surface area contributed by atoms with Gasteiger partial charge in [-0.05, 0) is 46.5 Å². The SMILES string of the molecule is Oc1cc(C(c2ccccc2)(c2ccccc2)c2cc(O)c(O)c(O)c2)cc(O)c1O. The lowest BCUT2D eigenvalue weighted by Gasteiger charge is -2.37. The Morgan fingerprint density at radius 1 is 0.387 bits per heavy atom. The normalized spacial score (nSPS) is 11.4. The van der Waals surface area contributed by atoms with E-state index in [0.29, 0.717) is 22.3 Å². The molecule has 0 spiro atoms. The van der Waals surface area contributed by atoms with Crippen molar-refractivity contribution in [1.29, 1.82) is 0 Å². The van der Waals surface area contributed by atoms with Gasteiger partial charge in [-0.25, -0.2) is 0 Å². The van der Waals surface area contributed by atoms with Crippen LogP contribution >= 0.6 is 0 Å². The molecule has 0 bridgehead atoms. The predicted molar refractivity (Wildman–Crippen MR) is 115 cm³/mol. The maximum absolute atomic E-state index is 10.3. The van der Waals surface area contributed by atoms with Crippen molar-refractivity contribution < 1.29 is 30.6 Å². The third kappa shape index (κ3) is 3.14. The number of hydrogen-bond donors (Lipinski definition) is 6. The molecular formula is C25H20O6. The molecule has 0 aliphatic carbocycles. The molecule has 6 nitrogen and oxygen atoms in total. The average Bonchev–Trinajstić information content (AvgIpc) is 2.77. The fourth-order valence-electron chi connectivity index (χ4n) is 4.02. The van der Waals surface area contributed by atoms with Gasteiger partial charge in [0.05, 0.1) is 5.41 Å². The molecule has 6 N–H and O–H groups in total. The smallest absolute Gasteiger partial charge is 0.200 e. The molecule has 4 aromatic carbocycles. The van der Waals surface area contributed by atoms with E-state index in [9.17, 15) is 30.6 Å². The molecule has 0 atom stereocenters. The molecule has 0 fully saturated rings. The van der Waals surface area contributed by atoms with Crippen LogP contribution in [0.15, 0.2) is 84.9 Å². The second-order valence-corrected chi connectivity index (χ2v) is 7.21. The Morgan fingerprint density at radius 3 is 0.968 bits per heavy atom. The van der Waals surface area contributed by atoms with Crippen LogP contribution in [-0.4, -0.2) is 30.6 Å². The molecule has 0 aliphatic heterocycles. The minimum atomic E-state index is -1.24. The van der Waals surface area contributed by atoms with Crippen LogP contribution in [0, 0.1) is 0 Å². The van der Waals surface area contributed by atoms with Crippen LogP contribution in [0.2, 0.25) is 0 Å². The molecule has 6 heteroatoms. The fraction of sp³-hybridized carbons (Fsp3) is 0.0400. The number of phenolic OH excluding ortho intramolecular Hbond substituents is 6. The van der Waals surface area contributed by atoms with Gasteiger partial charge in [0.15, 0.2) is 34.5 Å². The lowest BCUT2D eigenvalue weighted by atomic mass is 9.65. The summed E-state index contributed by atoms with van der Waals surface area (Å²) in [4.78, 5) is 0. The first kappa shape index (κ1) is 20.0. The largest absolute Gasteiger partial charge is 0.504 e. The maximum atomic E-state index is 10.3. The average molecular weight is 416 g/mol. The van der Waals surface area contributed by atoms with Gasteiger partial charge in [-0.15, -0.1) is 0 Å². The van der Waals surface area contributed by atoms with Crippen molar-refractivity contribution in [3.8, 4) is 34.5 Å². The summed E-state index contributed by atoms with van der Waals surface area (Å²) >= 11 is 0. The quantitative estimate of drug-likeness (QED) is 0.218. The number of aromatic hydroxyl groups is 6. The summed E-state index contributed by atoms with van der Waals surface area (Å²) in [5.41, 5.74) is 0.864. The van der Waals surface area contributed by atoms with Gasteiger partial charge in [-0.1, -0.05) is 60.7 Å². The summed E-state index contributed by atoms with van der Waals surface area (Å²) in [7, 11) is 0. The van der Waals surface area contributed by atoms with Crippen LogP contribution in [0.4, 0.5) is 0 Å². The van der Waals surface area contributed by atoms with Gasteiger partial charge in [-0.3, -0.25) is 0 Å². The van der Waals surface area contributed by atoms with E-state index in [2.05, 4.69) is 0 Å². The van der Waals surface area contributed by atoms with Gasteiger partial charge in [0.1, 0.15) is 0 Å². The molecule has 0 unspecified atom stereocenters. The van der Waals surface area contributed by atoms with Crippen LogP contribution in [0.25, 0.3) is 0 Å². The first-order chi connectivity index (χ1) is 14.9. The second-order valence-electron chi connectivity index (χ2n) is 7.21. The Hall–Kier alpha value is -4.32. The van der Waals surface area contributed by atoms with Crippen LogP contribution in [0.3, 0.4) is 0 Å². The van der Waals surface area contributed by atoms with Gasteiger partial charge in [0.25, 0.3) is 0 Å². The van der Waals surface area contributed by atoms with Gasteiger partial charge in [0, 0.05) is 0 Å². The van der Waals surface area contributed by atoms with E-state index in [4.69, 9.17) is 0 Å². The molecular weight excluding hydrogens is 396 g/mol. The third-order valence-corrected chi connectivity index (χ3v) is 5.42. The van der Waals surface area contributed by atoms with Crippen molar-refractivity contribution in [1.82, 2.24) is 0 Å². The first-order valence-corrected chi connectivity index (χ1v) is 9.47. The summed E-state index contributed by atoms with van der Waals surface area (Å²) in [5, 5.41) is 61.0. The number of phenols is 6. The molecule has 0 aliphatic rings. The Bertz CT molecular complexity index is 1090. The highest BCUT2D eigenvalue weighted by molar-refractivity contribution is 5.67. The zero-order valence-corrected chi connectivity index (χ0v) is 16.3. The van der Waals surface area contributed by atoms with Gasteiger partial charge < -0.3 is 30.6 Å². The highest BCUT2D eigenvalue weighted by atomic mass is 16.3. The first-order valence-electron chi connectivity index (χ1n) is 9.47. The van der Waals surface area contributed by atoms with E-state index in [-0.39, 0.29) is 0 Å². The summed E-state index contributed by atoms with van der Waals surface area (Å²) < 4.78 is 0. The monoisotopic (exact) mass is 416 g/mol. The lowest BCUT2D eigenvalue weighted by molar-refractivity contribution is 0.364. The topological polar surface area (TPSA) is 121 Å². The van der Waals surface area contributed by atoms with Crippen LogP contribution in [0.5, 0.6) is 34.5 Å². The van der Waals surface area contributed by atoms with E-state index in [0.717, 1.165) is 0 Å². The van der Waals surface area contributed by atoms with Gasteiger partial charge in [-0.2, -0.15) is 0 Å². The van der Waals surface area contributed by atoms with E-state index < -0.39 is 39.9 Å². The predicted octanol–water partition coefficient (Wildman–Crippen LogP) is 4.30. The number of benzene rings is 4. The second kappa shape index (κ2) is 7.50. The Labute approximate surface area is 178 Å². The van der Waals surface area contributed by atoms with E-state index in [1.165, 1.54) is 24.3 Å².